The van der Waals surface area contributed by atoms with E-state index in [1.165, 1.54) is 81.2 Å². The second kappa shape index (κ2) is 74.1. The Balaban J connectivity index is -0.00000168. The second-order valence-electron chi connectivity index (χ2n) is 18.7. The van der Waals surface area contributed by atoms with Crippen molar-refractivity contribution < 1.29 is 86.3 Å². The monoisotopic (exact) mass is 1190 g/mol. The minimum absolute atomic E-state index is 0.0694. The third kappa shape index (κ3) is 74.1. The van der Waals surface area contributed by atoms with Crippen molar-refractivity contribution in [2.75, 3.05) is 172 Å². The summed E-state index contributed by atoms with van der Waals surface area (Å²) in [4.78, 5) is 40.6. The van der Waals surface area contributed by atoms with Gasteiger partial charge in [-0.1, -0.05) is 108 Å². The van der Waals surface area contributed by atoms with Crippen LogP contribution in [0.1, 0.15) is 128 Å². The number of hydrazine groups is 1. The minimum Gasteiger partial charge on any atom is -0.487 e. The number of carbonyl (C=O) groups is 4. The molecule has 0 aromatic heterocycles. The Morgan fingerprint density at radius 1 is 0.554 bits per heavy atom. The Morgan fingerprint density at radius 3 is 1.22 bits per heavy atom. The van der Waals surface area contributed by atoms with Gasteiger partial charge in [-0.25, -0.2) is 11.7 Å². The fraction of sp³-hybridized carbons (Fsp3) is 0.797. The van der Waals surface area contributed by atoms with Crippen LogP contribution in [-0.2, 0) is 71.3 Å². The summed E-state index contributed by atoms with van der Waals surface area (Å²) in [7, 11) is 1.80. The molecule has 1 amide bonds. The van der Waals surface area contributed by atoms with Crippen molar-refractivity contribution in [3.63, 3.8) is 0 Å². The number of benzene rings is 1. The molecular weight excluding hydrogens is 1080 g/mol. The zero-order valence-electron chi connectivity index (χ0n) is 51.2. The highest BCUT2D eigenvalue weighted by Crippen LogP contribution is 2.14. The van der Waals surface area contributed by atoms with Crippen molar-refractivity contribution in [3.05, 3.63) is 41.7 Å². The van der Waals surface area contributed by atoms with Gasteiger partial charge in [-0.2, -0.15) is 0 Å². The van der Waals surface area contributed by atoms with Crippen LogP contribution in [0.5, 0.6) is 5.75 Å². The van der Waals surface area contributed by atoms with Gasteiger partial charge in [-0.3, -0.25) is 9.59 Å². The summed E-state index contributed by atoms with van der Waals surface area (Å²) in [5.74, 6) is 9.53. The number of carboxylic acids is 1. The summed E-state index contributed by atoms with van der Waals surface area (Å²) in [5, 5.41) is 21.9. The van der Waals surface area contributed by atoms with E-state index in [0.29, 0.717) is 177 Å². The highest BCUT2D eigenvalue weighted by Gasteiger charge is 2.03. The van der Waals surface area contributed by atoms with Gasteiger partial charge in [0, 0.05) is 25.6 Å². The largest absolute Gasteiger partial charge is 0.487 e. The van der Waals surface area contributed by atoms with Crippen molar-refractivity contribution in [1.29, 1.82) is 0 Å². The third-order valence-corrected chi connectivity index (χ3v) is 11.5. The molecule has 1 rings (SSSR count). The number of unbranched alkanes of at least 4 members (excludes halogenated alkanes) is 14. The number of hydrogen-bond acceptors (Lipinski definition) is 22. The van der Waals surface area contributed by atoms with Crippen LogP contribution in [-0.4, -0.2) is 218 Å². The van der Waals surface area contributed by atoms with Gasteiger partial charge in [0.15, 0.2) is 0 Å². The molecular formula is C59H114N6O18. The molecule has 83 heavy (non-hydrogen) atoms. The van der Waals surface area contributed by atoms with Gasteiger partial charge in [0.05, 0.1) is 164 Å². The van der Waals surface area contributed by atoms with Crippen molar-refractivity contribution in [2.24, 2.45) is 17.5 Å². The van der Waals surface area contributed by atoms with Crippen LogP contribution in [0.4, 0.5) is 0 Å². The van der Waals surface area contributed by atoms with Crippen molar-refractivity contribution in [3.8, 4) is 5.75 Å². The van der Waals surface area contributed by atoms with Gasteiger partial charge in [0.2, 0.25) is 6.41 Å². The maximum absolute atomic E-state index is 10.3. The summed E-state index contributed by atoms with van der Waals surface area (Å²) in [6.45, 7) is 15.9. The van der Waals surface area contributed by atoms with E-state index in [1.807, 2.05) is 31.2 Å². The number of rotatable bonds is 62. The van der Waals surface area contributed by atoms with Crippen LogP contribution in [0, 0.1) is 6.92 Å². The lowest BCUT2D eigenvalue weighted by Gasteiger charge is -2.15. The summed E-state index contributed by atoms with van der Waals surface area (Å²) in [6, 6.07) is 7.84. The maximum Gasteiger partial charge on any atom is 0.303 e. The van der Waals surface area contributed by atoms with E-state index < -0.39 is 5.97 Å². The molecule has 0 spiro atoms. The van der Waals surface area contributed by atoms with Crippen molar-refractivity contribution >= 4 is 25.0 Å². The molecule has 488 valence electrons. The summed E-state index contributed by atoms with van der Waals surface area (Å²) >= 11 is 0. The van der Waals surface area contributed by atoms with Gasteiger partial charge < -0.3 is 98.1 Å². The summed E-state index contributed by atoms with van der Waals surface area (Å²) < 4.78 is 65.6. The van der Waals surface area contributed by atoms with E-state index >= 15 is 0 Å². The molecule has 0 radical (unpaired) electrons. The number of nitrogens with zero attached hydrogens (tertiary/aromatic N) is 1. The van der Waals surface area contributed by atoms with Gasteiger partial charge in [-0.15, -0.1) is 0 Å². The van der Waals surface area contributed by atoms with Crippen LogP contribution in [0.15, 0.2) is 36.2 Å². The number of carboxylic acid groups (broad SMARTS) is 1. The highest BCUT2D eigenvalue weighted by molar-refractivity contribution is 5.66. The standard InChI is InChI=1S/C35H64N4O13.C18H34O3.C6H13NO.H3NO/c1-33-2-4-35(5-3-33)52-31-34(36)30-39(37)7-9-42-11-13-44-15-17-46-19-21-48-23-25-50-27-29-51-28-26-49-24-22-47-20-18-45-16-14-43-12-10-41-8-6-38-32-40;19-17-15-13-11-9-7-5-3-1-2-4-6-8-10-12-14-16-18(20)21;1-3-4-6(5-8)7-2;1-2/h2-5,30,32H,6-29,31,36-37H2,1H3,(H,38,40);17H,1-16H2,(H,20,21);5-7H,3-4H2,1-2H3;2H,1H2/b34-30-;;;. The summed E-state index contributed by atoms with van der Waals surface area (Å²) in [5.41, 5.74) is 7.66. The smallest absolute Gasteiger partial charge is 0.303 e. The lowest BCUT2D eigenvalue weighted by Crippen LogP contribution is -2.31. The average molecular weight is 1200 g/mol. The number of hydrogen-bond donors (Lipinski definition) is 7. The van der Waals surface area contributed by atoms with Crippen molar-refractivity contribution in [2.45, 2.75) is 135 Å². The molecule has 0 fully saturated rings. The molecule has 0 bridgehead atoms. The number of likely N-dealkylation sites (N-methyl/N-ethyl adjacent to an activating group) is 1. The first-order valence-electron chi connectivity index (χ1n) is 30.0. The lowest BCUT2D eigenvalue weighted by atomic mass is 10.0. The van der Waals surface area contributed by atoms with Crippen LogP contribution in [0.2, 0.25) is 0 Å². The molecule has 0 saturated heterocycles. The quantitative estimate of drug-likeness (QED) is 0.0178. The predicted octanol–water partition coefficient (Wildman–Crippen LogP) is 5.70. The Hall–Kier alpha value is -3.96. The topological polar surface area (TPSA) is 325 Å². The first-order valence-corrected chi connectivity index (χ1v) is 30.0. The molecule has 24 heteroatoms. The molecule has 1 atom stereocenters. The number of aliphatic carboxylic acids is 1. The first-order chi connectivity index (χ1) is 40.7. The number of nitrogens with two attached hydrogens (primary N) is 3. The normalized spacial score (nSPS) is 11.3. The zero-order chi connectivity index (χ0) is 61.4. The van der Waals surface area contributed by atoms with E-state index in [4.69, 9.17) is 78.7 Å². The van der Waals surface area contributed by atoms with Crippen LogP contribution >= 0.6 is 0 Å². The molecule has 1 aromatic rings. The molecule has 0 aliphatic carbocycles. The van der Waals surface area contributed by atoms with E-state index in [9.17, 15) is 19.2 Å². The summed E-state index contributed by atoms with van der Waals surface area (Å²) in [6.07, 6.45) is 24.6. The van der Waals surface area contributed by atoms with Crippen LogP contribution in [0.3, 0.4) is 0 Å². The molecule has 0 saturated carbocycles. The number of aryl methyl sites for hydroxylation is 1. The van der Waals surface area contributed by atoms with E-state index in [1.54, 1.807) is 13.2 Å². The Kier molecular flexibility index (Phi) is 74.4. The van der Waals surface area contributed by atoms with Gasteiger partial charge >= 0.3 is 5.97 Å². The van der Waals surface area contributed by atoms with Crippen molar-refractivity contribution in [1.82, 2.24) is 15.6 Å². The van der Waals surface area contributed by atoms with Crippen LogP contribution < -0.4 is 32.8 Å². The number of nitrogens with one attached hydrogen (secondary N) is 2. The number of ether oxygens (including phenoxy) is 12. The fourth-order valence-corrected chi connectivity index (χ4v) is 6.99. The zero-order valence-corrected chi connectivity index (χ0v) is 51.2. The lowest BCUT2D eigenvalue weighted by molar-refractivity contribution is -0.137. The third-order valence-electron chi connectivity index (χ3n) is 11.5. The predicted molar refractivity (Wildman–Crippen MR) is 320 cm³/mol. The maximum atomic E-state index is 10.3. The highest BCUT2D eigenvalue weighted by atomic mass is 16.6. The number of amides is 1. The van der Waals surface area contributed by atoms with Gasteiger partial charge in [0.1, 0.15) is 24.9 Å². The molecule has 0 aliphatic rings. The SMILES string of the molecule is CCCC(C=O)NC.Cc1ccc(OC/C(N)=C/N(N)CCOCCOCCOCCOCCOCCOCCOCCOCCOCCOCCOCCNC=O)cc1.NO.O=CCCCCCCCCCCCCCCCCC(=O)O. The second-order valence-corrected chi connectivity index (χ2v) is 18.7. The Labute approximate surface area is 498 Å². The van der Waals surface area contributed by atoms with Gasteiger partial charge in [-0.05, 0) is 45.4 Å². The number of carbonyl (C=O) groups excluding carboxylic acids is 3. The van der Waals surface area contributed by atoms with E-state index in [2.05, 4.69) is 23.5 Å². The van der Waals surface area contributed by atoms with E-state index in [0.717, 1.165) is 56.8 Å². The van der Waals surface area contributed by atoms with Crippen LogP contribution in [0.25, 0.3) is 0 Å². The Morgan fingerprint density at radius 2 is 0.904 bits per heavy atom. The molecule has 24 nitrogen and oxygen atoms in total. The molecule has 1 unspecified atom stereocenters. The first kappa shape index (κ1) is 83.3. The molecule has 0 aliphatic heterocycles. The molecule has 10 N–H and O–H groups in total. The van der Waals surface area contributed by atoms with Gasteiger partial charge in [0.25, 0.3) is 0 Å². The minimum atomic E-state index is -0.668. The number of aldehydes is 2. The fourth-order valence-electron chi connectivity index (χ4n) is 6.99. The molecule has 1 aromatic carbocycles. The molecule has 0 heterocycles. The Bertz CT molecular complexity index is 1500. The van der Waals surface area contributed by atoms with E-state index in [-0.39, 0.29) is 12.6 Å². The average Bonchev–Trinajstić information content (AvgIpc) is 3.49.